The van der Waals surface area contributed by atoms with Crippen molar-refractivity contribution in [3.63, 3.8) is 0 Å². The Kier molecular flexibility index (Phi) is 5.03. The van der Waals surface area contributed by atoms with E-state index in [1.54, 1.807) is 0 Å². The molecular weight excluding hydrogens is 290 g/mol. The average Bonchev–Trinajstić information content (AvgIpc) is 3.16. The fourth-order valence-electron chi connectivity index (χ4n) is 2.42. The number of hydrogen-bond acceptors (Lipinski definition) is 3. The smallest absolute Gasteiger partial charge is 0.408 e. The van der Waals surface area contributed by atoms with Gasteiger partial charge in [-0.3, -0.25) is 0 Å². The van der Waals surface area contributed by atoms with Crippen molar-refractivity contribution < 1.29 is 14.3 Å². The average molecular weight is 317 g/mol. The number of carbonyl (C=O) groups excluding carboxylic acids is 1. The molecule has 0 unspecified atom stereocenters. The lowest BCUT2D eigenvalue weighted by Gasteiger charge is -2.24. The number of benzene rings is 1. The molecule has 0 aliphatic heterocycles. The third kappa shape index (κ3) is 5.02. The number of amides is 1. The van der Waals surface area contributed by atoms with Gasteiger partial charge in [0.1, 0.15) is 18.0 Å². The number of aryl methyl sites for hydroxylation is 1. The van der Waals surface area contributed by atoms with Crippen LogP contribution in [0.3, 0.4) is 0 Å². The van der Waals surface area contributed by atoms with Gasteiger partial charge < -0.3 is 14.8 Å². The van der Waals surface area contributed by atoms with E-state index in [-0.39, 0.29) is 11.6 Å². The number of para-hydroxylation sites is 1. The first-order valence-electron chi connectivity index (χ1n) is 8.08. The van der Waals surface area contributed by atoms with Crippen LogP contribution in [0.1, 0.15) is 44.7 Å². The van der Waals surface area contributed by atoms with E-state index in [4.69, 9.17) is 9.47 Å². The SMILES string of the molecule is C=CCc1cccc(C)c1OCC1(NC(=O)OC(C)(C)C)CC1. The molecule has 0 bridgehead atoms. The van der Waals surface area contributed by atoms with Gasteiger partial charge in [0, 0.05) is 0 Å². The van der Waals surface area contributed by atoms with Crippen LogP contribution in [0, 0.1) is 6.92 Å². The van der Waals surface area contributed by atoms with Gasteiger partial charge in [-0.15, -0.1) is 6.58 Å². The van der Waals surface area contributed by atoms with Crippen molar-refractivity contribution >= 4 is 6.09 Å². The fraction of sp³-hybridized carbons (Fsp3) is 0.526. The first-order chi connectivity index (χ1) is 10.7. The number of rotatable bonds is 6. The number of nitrogens with one attached hydrogen (secondary N) is 1. The number of allylic oxidation sites excluding steroid dienone is 1. The second-order valence-corrected chi connectivity index (χ2v) is 7.25. The largest absolute Gasteiger partial charge is 0.491 e. The Bertz CT molecular complexity index is 583. The standard InChI is InChI=1S/C19H27NO3/c1-6-8-15-10-7-9-14(2)16(15)22-13-19(11-12-19)20-17(21)23-18(3,4)5/h6-7,9-10H,1,8,11-13H2,2-5H3,(H,20,21). The minimum Gasteiger partial charge on any atom is -0.491 e. The minimum atomic E-state index is -0.492. The third-order valence-electron chi connectivity index (χ3n) is 3.77. The highest BCUT2D eigenvalue weighted by Gasteiger charge is 2.46. The van der Waals surface area contributed by atoms with Crippen molar-refractivity contribution in [3.8, 4) is 5.75 Å². The molecule has 1 aliphatic rings. The molecule has 1 aliphatic carbocycles. The van der Waals surface area contributed by atoms with E-state index >= 15 is 0 Å². The molecular formula is C19H27NO3. The topological polar surface area (TPSA) is 47.6 Å². The summed E-state index contributed by atoms with van der Waals surface area (Å²) in [6, 6.07) is 6.10. The van der Waals surface area contributed by atoms with E-state index in [2.05, 4.69) is 11.9 Å². The molecule has 4 heteroatoms. The van der Waals surface area contributed by atoms with Gasteiger partial charge in [-0.05, 0) is 58.1 Å². The van der Waals surface area contributed by atoms with E-state index in [9.17, 15) is 4.79 Å². The summed E-state index contributed by atoms with van der Waals surface area (Å²) in [6.07, 6.45) is 4.08. The van der Waals surface area contributed by atoms with Gasteiger partial charge >= 0.3 is 6.09 Å². The molecule has 2 rings (SSSR count). The van der Waals surface area contributed by atoms with Crippen molar-refractivity contribution in [1.82, 2.24) is 5.32 Å². The van der Waals surface area contributed by atoms with E-state index in [0.717, 1.165) is 36.1 Å². The monoisotopic (exact) mass is 317 g/mol. The number of hydrogen-bond donors (Lipinski definition) is 1. The minimum absolute atomic E-state index is 0.296. The third-order valence-corrected chi connectivity index (χ3v) is 3.77. The van der Waals surface area contributed by atoms with Crippen LogP contribution >= 0.6 is 0 Å². The summed E-state index contributed by atoms with van der Waals surface area (Å²) >= 11 is 0. The first kappa shape index (κ1) is 17.4. The van der Waals surface area contributed by atoms with Gasteiger partial charge in [0.15, 0.2) is 0 Å². The Balaban J connectivity index is 1.98. The Morgan fingerprint density at radius 1 is 1.39 bits per heavy atom. The van der Waals surface area contributed by atoms with Crippen LogP contribution in [0.5, 0.6) is 5.75 Å². The Morgan fingerprint density at radius 2 is 2.09 bits per heavy atom. The van der Waals surface area contributed by atoms with Gasteiger partial charge in [0.05, 0.1) is 5.54 Å². The molecule has 0 atom stereocenters. The molecule has 4 nitrogen and oxygen atoms in total. The molecule has 23 heavy (non-hydrogen) atoms. The maximum atomic E-state index is 12.0. The summed E-state index contributed by atoms with van der Waals surface area (Å²) in [7, 11) is 0. The predicted octanol–water partition coefficient (Wildman–Crippen LogP) is 4.16. The van der Waals surface area contributed by atoms with Gasteiger partial charge in [0.2, 0.25) is 0 Å². The molecule has 0 aromatic heterocycles. The zero-order valence-corrected chi connectivity index (χ0v) is 14.6. The van der Waals surface area contributed by atoms with Crippen molar-refractivity contribution in [2.24, 2.45) is 0 Å². The highest BCUT2D eigenvalue weighted by molar-refractivity contribution is 5.69. The highest BCUT2D eigenvalue weighted by atomic mass is 16.6. The van der Waals surface area contributed by atoms with Crippen LogP contribution in [-0.4, -0.2) is 23.8 Å². The first-order valence-corrected chi connectivity index (χ1v) is 8.08. The molecule has 0 saturated heterocycles. The zero-order chi connectivity index (χ0) is 17.1. The van der Waals surface area contributed by atoms with Crippen molar-refractivity contribution in [1.29, 1.82) is 0 Å². The molecule has 0 spiro atoms. The summed E-state index contributed by atoms with van der Waals surface area (Å²) in [6.45, 7) is 11.9. The molecule has 1 aromatic rings. The lowest BCUT2D eigenvalue weighted by molar-refractivity contribution is 0.0477. The van der Waals surface area contributed by atoms with Crippen LogP contribution in [0.2, 0.25) is 0 Å². The zero-order valence-electron chi connectivity index (χ0n) is 14.6. The lowest BCUT2D eigenvalue weighted by Crippen LogP contribution is -2.44. The summed E-state index contributed by atoms with van der Waals surface area (Å²) in [5, 5.41) is 2.96. The summed E-state index contributed by atoms with van der Waals surface area (Å²) in [5.41, 5.74) is 1.43. The Morgan fingerprint density at radius 3 is 2.65 bits per heavy atom. The van der Waals surface area contributed by atoms with Crippen LogP contribution in [-0.2, 0) is 11.2 Å². The van der Waals surface area contributed by atoms with E-state index in [1.165, 1.54) is 0 Å². The molecule has 1 saturated carbocycles. The molecule has 0 heterocycles. The second-order valence-electron chi connectivity index (χ2n) is 7.25. The maximum Gasteiger partial charge on any atom is 0.408 e. The Labute approximate surface area is 138 Å². The van der Waals surface area contributed by atoms with Gasteiger partial charge in [-0.2, -0.15) is 0 Å². The van der Waals surface area contributed by atoms with Crippen LogP contribution in [0.25, 0.3) is 0 Å². The van der Waals surface area contributed by atoms with Gasteiger partial charge in [0.25, 0.3) is 0 Å². The van der Waals surface area contributed by atoms with Crippen LogP contribution in [0.15, 0.2) is 30.9 Å². The van der Waals surface area contributed by atoms with E-state index in [0.29, 0.717) is 6.61 Å². The van der Waals surface area contributed by atoms with Crippen molar-refractivity contribution in [2.75, 3.05) is 6.61 Å². The maximum absolute atomic E-state index is 12.0. The van der Waals surface area contributed by atoms with Gasteiger partial charge in [-0.25, -0.2) is 4.79 Å². The van der Waals surface area contributed by atoms with Crippen LogP contribution < -0.4 is 10.1 Å². The van der Waals surface area contributed by atoms with Crippen LogP contribution in [0.4, 0.5) is 4.79 Å². The highest BCUT2D eigenvalue weighted by Crippen LogP contribution is 2.37. The van der Waals surface area contributed by atoms with E-state index in [1.807, 2.05) is 52.0 Å². The summed E-state index contributed by atoms with van der Waals surface area (Å²) < 4.78 is 11.4. The van der Waals surface area contributed by atoms with Crippen molar-refractivity contribution in [3.05, 3.63) is 42.0 Å². The summed E-state index contributed by atoms with van der Waals surface area (Å²) in [4.78, 5) is 12.0. The summed E-state index contributed by atoms with van der Waals surface area (Å²) in [5.74, 6) is 0.893. The van der Waals surface area contributed by atoms with E-state index < -0.39 is 5.60 Å². The lowest BCUT2D eigenvalue weighted by atomic mass is 10.1. The molecule has 1 amide bonds. The number of alkyl carbamates (subject to hydrolysis) is 1. The molecule has 1 N–H and O–H groups in total. The molecule has 1 aromatic carbocycles. The number of carbonyl (C=O) groups is 1. The molecule has 126 valence electrons. The molecule has 1 fully saturated rings. The van der Waals surface area contributed by atoms with Gasteiger partial charge in [-0.1, -0.05) is 24.3 Å². The normalized spacial score (nSPS) is 15.7. The second kappa shape index (κ2) is 6.65. The number of ether oxygens (including phenoxy) is 2. The quantitative estimate of drug-likeness (QED) is 0.801. The van der Waals surface area contributed by atoms with Crippen molar-refractivity contribution in [2.45, 2.75) is 58.1 Å². The molecule has 0 radical (unpaired) electrons. The predicted molar refractivity (Wildman–Crippen MR) is 91.9 cm³/mol. The Hall–Kier alpha value is -1.97. The fourth-order valence-corrected chi connectivity index (χ4v) is 2.42.